The van der Waals surface area contributed by atoms with E-state index in [1.165, 1.54) is 0 Å². The van der Waals surface area contributed by atoms with Gasteiger partial charge in [-0.3, -0.25) is 4.98 Å². The Balaban J connectivity index is 2.26. The average molecular weight is 686 g/mol. The smallest absolute Gasteiger partial charge is 0.252 e. The van der Waals surface area contributed by atoms with Crippen LogP contribution < -0.4 is 0 Å². The van der Waals surface area contributed by atoms with Crippen molar-refractivity contribution >= 4 is 0 Å². The van der Waals surface area contributed by atoms with Crippen LogP contribution in [0.3, 0.4) is 0 Å². The Kier molecular flexibility index (Phi) is 8.43. The molecule has 21 heteroatoms. The minimum absolute atomic E-state index is 0.237. The van der Waals surface area contributed by atoms with Gasteiger partial charge in [0, 0.05) is 11.1 Å². The van der Waals surface area contributed by atoms with Crippen molar-refractivity contribution in [1.29, 1.82) is 0 Å². The van der Waals surface area contributed by atoms with Crippen molar-refractivity contribution in [1.82, 2.24) is 9.97 Å². The van der Waals surface area contributed by atoms with E-state index in [0.717, 1.165) is 0 Å². The second kappa shape index (κ2) is 10.6. The molecular weight excluding hydrogens is 677 g/mol. The zero-order valence-corrected chi connectivity index (χ0v) is 20.8. The molecule has 0 saturated carbocycles. The van der Waals surface area contributed by atoms with E-state index in [0.29, 0.717) is 36.4 Å². The third-order valence-electron chi connectivity index (χ3n) is 6.00. The lowest BCUT2D eigenvalue weighted by atomic mass is 9.92. The van der Waals surface area contributed by atoms with Crippen LogP contribution in [0.5, 0.6) is 0 Å². The van der Waals surface area contributed by atoms with E-state index in [-0.39, 0.29) is 12.1 Å². The van der Waals surface area contributed by atoms with Gasteiger partial charge >= 0.3 is 48.1 Å². The fraction of sp³-hybridized carbons (Fsp3) is 0.333. The van der Waals surface area contributed by atoms with E-state index in [1.807, 2.05) is 0 Å². The van der Waals surface area contributed by atoms with Gasteiger partial charge < -0.3 is 0 Å². The summed E-state index contributed by atoms with van der Waals surface area (Å²) in [6, 6.07) is 3.14. The maximum atomic E-state index is 14.8. The van der Waals surface area contributed by atoms with Gasteiger partial charge in [-0.2, -0.15) is 83.4 Å². The Hall–Kier alpha value is -3.81. The van der Waals surface area contributed by atoms with Gasteiger partial charge in [0.2, 0.25) is 0 Å². The Bertz CT molecular complexity index is 1520. The number of benzene rings is 2. The highest BCUT2D eigenvalue weighted by Crippen LogP contribution is 2.62. The summed E-state index contributed by atoms with van der Waals surface area (Å²) >= 11 is 0. The molecule has 0 aliphatic rings. The standard InChI is InChI=1S/C24H9F19N2/c25-17(26,20(33,34)21(35,36)22(37,38)23(39,40)24(41,42)43)14-9-44-15(10-1-5-12(6-2-10)18(27,28)29)16(45-14)11-3-7-13(8-4-11)19(30,31)32/h1-9H. The topological polar surface area (TPSA) is 25.8 Å². The summed E-state index contributed by atoms with van der Waals surface area (Å²) in [6.07, 6.45) is -18.2. The van der Waals surface area contributed by atoms with Gasteiger partial charge in [0.15, 0.2) is 0 Å². The molecule has 2 aromatic carbocycles. The summed E-state index contributed by atoms with van der Waals surface area (Å²) in [5.74, 6) is -39.1. The molecule has 0 fully saturated rings. The molecule has 0 atom stereocenters. The summed E-state index contributed by atoms with van der Waals surface area (Å²) in [7, 11) is 0. The van der Waals surface area contributed by atoms with Crippen LogP contribution >= 0.6 is 0 Å². The molecule has 248 valence electrons. The maximum Gasteiger partial charge on any atom is 0.460 e. The number of nitrogens with zero attached hydrogens (tertiary/aromatic N) is 2. The van der Waals surface area contributed by atoms with Crippen LogP contribution in [0, 0.1) is 0 Å². The van der Waals surface area contributed by atoms with Crippen molar-refractivity contribution in [3.63, 3.8) is 0 Å². The van der Waals surface area contributed by atoms with Gasteiger partial charge in [-0.25, -0.2) is 4.98 Å². The molecule has 3 rings (SSSR count). The highest BCUT2D eigenvalue weighted by molar-refractivity contribution is 5.78. The van der Waals surface area contributed by atoms with Gasteiger partial charge in [0.05, 0.1) is 28.7 Å². The van der Waals surface area contributed by atoms with Gasteiger partial charge in [0.1, 0.15) is 5.69 Å². The largest absolute Gasteiger partial charge is 0.460 e. The van der Waals surface area contributed by atoms with Crippen molar-refractivity contribution in [2.24, 2.45) is 0 Å². The van der Waals surface area contributed by atoms with E-state index in [4.69, 9.17) is 0 Å². The lowest BCUT2D eigenvalue weighted by Crippen LogP contribution is -2.69. The summed E-state index contributed by atoms with van der Waals surface area (Å²) in [4.78, 5) is 6.00. The predicted octanol–water partition coefficient (Wildman–Crippen LogP) is 10.0. The van der Waals surface area contributed by atoms with Crippen LogP contribution in [0.4, 0.5) is 83.4 Å². The normalized spacial score (nSPS) is 14.6. The Morgan fingerprint density at radius 2 is 0.756 bits per heavy atom. The van der Waals surface area contributed by atoms with Crippen LogP contribution in [0.1, 0.15) is 16.8 Å². The fourth-order valence-electron chi connectivity index (χ4n) is 3.52. The van der Waals surface area contributed by atoms with Gasteiger partial charge in [-0.05, 0) is 24.3 Å². The summed E-state index contributed by atoms with van der Waals surface area (Å²) in [5.41, 5.74) is -9.04. The van der Waals surface area contributed by atoms with E-state index < -0.39 is 93.7 Å². The molecule has 0 saturated heterocycles. The van der Waals surface area contributed by atoms with E-state index in [1.54, 1.807) is 0 Å². The summed E-state index contributed by atoms with van der Waals surface area (Å²) in [5, 5.41) is 0. The average Bonchev–Trinajstić information content (AvgIpc) is 2.90. The first kappa shape index (κ1) is 35.7. The molecule has 0 spiro atoms. The molecule has 2 nitrogen and oxygen atoms in total. The lowest BCUT2D eigenvalue weighted by molar-refractivity contribution is -0.442. The Morgan fingerprint density at radius 1 is 0.400 bits per heavy atom. The van der Waals surface area contributed by atoms with E-state index in [9.17, 15) is 83.4 Å². The maximum absolute atomic E-state index is 14.8. The minimum atomic E-state index is -8.21. The molecule has 0 radical (unpaired) electrons. The fourth-order valence-corrected chi connectivity index (χ4v) is 3.52. The number of rotatable bonds is 7. The van der Waals surface area contributed by atoms with Crippen LogP contribution in [0.15, 0.2) is 54.7 Å². The first-order chi connectivity index (χ1) is 20.0. The number of halogens is 19. The number of aromatic nitrogens is 2. The van der Waals surface area contributed by atoms with Crippen LogP contribution in [0.25, 0.3) is 22.5 Å². The predicted molar refractivity (Wildman–Crippen MR) is 113 cm³/mol. The number of hydrogen-bond donors (Lipinski definition) is 0. The quantitative estimate of drug-likeness (QED) is 0.231. The molecule has 0 unspecified atom stereocenters. The zero-order valence-electron chi connectivity index (χ0n) is 20.8. The molecule has 0 aliphatic carbocycles. The third-order valence-corrected chi connectivity index (χ3v) is 6.00. The molecule has 45 heavy (non-hydrogen) atoms. The highest BCUT2D eigenvalue weighted by atomic mass is 19.4. The lowest BCUT2D eigenvalue weighted by Gasteiger charge is -2.39. The van der Waals surface area contributed by atoms with Crippen molar-refractivity contribution in [3.05, 3.63) is 71.5 Å². The second-order valence-corrected chi connectivity index (χ2v) is 8.97. The van der Waals surface area contributed by atoms with E-state index >= 15 is 0 Å². The third kappa shape index (κ3) is 5.84. The molecule has 1 heterocycles. The van der Waals surface area contributed by atoms with Crippen molar-refractivity contribution in [3.8, 4) is 22.5 Å². The van der Waals surface area contributed by atoms with Gasteiger partial charge in [-0.15, -0.1) is 0 Å². The van der Waals surface area contributed by atoms with Crippen LogP contribution in [-0.2, 0) is 18.3 Å². The molecular formula is C24H9F19N2. The zero-order chi connectivity index (χ0) is 34.8. The van der Waals surface area contributed by atoms with E-state index in [2.05, 4.69) is 9.97 Å². The first-order valence-corrected chi connectivity index (χ1v) is 11.2. The van der Waals surface area contributed by atoms with Gasteiger partial charge in [0.25, 0.3) is 0 Å². The number of hydrogen-bond acceptors (Lipinski definition) is 2. The summed E-state index contributed by atoms with van der Waals surface area (Å²) in [6.45, 7) is 0. The highest BCUT2D eigenvalue weighted by Gasteiger charge is 2.91. The SMILES string of the molecule is FC(F)(F)c1ccc(-c2ncc(C(F)(F)C(F)(F)C(F)(F)C(F)(F)C(F)(F)C(F)(F)F)nc2-c2ccc(C(F)(F)F)cc2)cc1. The monoisotopic (exact) mass is 686 g/mol. The molecule has 0 bridgehead atoms. The van der Waals surface area contributed by atoms with Gasteiger partial charge in [-0.1, -0.05) is 24.3 Å². The summed E-state index contributed by atoms with van der Waals surface area (Å²) < 4.78 is 255. The molecule has 3 aromatic rings. The van der Waals surface area contributed by atoms with Crippen molar-refractivity contribution in [2.45, 2.75) is 48.1 Å². The first-order valence-electron chi connectivity index (χ1n) is 11.2. The second-order valence-electron chi connectivity index (χ2n) is 8.97. The number of alkyl halides is 19. The Morgan fingerprint density at radius 3 is 1.11 bits per heavy atom. The van der Waals surface area contributed by atoms with Crippen molar-refractivity contribution in [2.75, 3.05) is 0 Å². The molecule has 1 aromatic heterocycles. The molecule has 0 aliphatic heterocycles. The molecule has 0 amide bonds. The van der Waals surface area contributed by atoms with Crippen LogP contribution in [0.2, 0.25) is 0 Å². The van der Waals surface area contributed by atoms with Crippen molar-refractivity contribution < 1.29 is 83.4 Å². The van der Waals surface area contributed by atoms with Crippen LogP contribution in [-0.4, -0.2) is 39.8 Å². The Labute approximate surface area is 236 Å². The molecule has 0 N–H and O–H groups in total. The minimum Gasteiger partial charge on any atom is -0.252 e.